The fraction of sp³-hybridized carbons (Fsp3) is 0.211. The maximum atomic E-state index is 12.7. The van der Waals surface area contributed by atoms with Crippen LogP contribution in [0.1, 0.15) is 24.5 Å². The van der Waals surface area contributed by atoms with E-state index in [0.717, 1.165) is 23.9 Å². The minimum atomic E-state index is -1.09. The van der Waals surface area contributed by atoms with Crippen molar-refractivity contribution >= 4 is 23.8 Å². The lowest BCUT2D eigenvalue weighted by Crippen LogP contribution is -2.44. The van der Waals surface area contributed by atoms with Crippen LogP contribution in [0.2, 0.25) is 0 Å². The Morgan fingerprint density at radius 3 is 2.64 bits per heavy atom. The molecule has 2 N–H and O–H groups in total. The van der Waals surface area contributed by atoms with E-state index in [1.54, 1.807) is 6.92 Å². The number of nitrogens with one attached hydrogen (secondary N) is 1. The van der Waals surface area contributed by atoms with Gasteiger partial charge in [-0.3, -0.25) is 14.9 Å². The summed E-state index contributed by atoms with van der Waals surface area (Å²) in [7, 11) is 0. The first-order valence-corrected chi connectivity index (χ1v) is 8.52. The van der Waals surface area contributed by atoms with Crippen LogP contribution < -0.4 is 5.32 Å². The largest absolute Gasteiger partial charge is 0.502 e. The molecular formula is C19H18N4O5. The van der Waals surface area contributed by atoms with Crippen LogP contribution >= 0.6 is 0 Å². The molecular weight excluding hydrogens is 364 g/mol. The van der Waals surface area contributed by atoms with E-state index in [-0.39, 0.29) is 5.56 Å². The number of nitro benzene ring substituents is 1. The second-order valence-corrected chi connectivity index (χ2v) is 6.61. The van der Waals surface area contributed by atoms with Gasteiger partial charge in [0.2, 0.25) is 0 Å². The number of benzene rings is 2. The minimum Gasteiger partial charge on any atom is -0.502 e. The lowest BCUT2D eigenvalue weighted by molar-refractivity contribution is -0.385. The lowest BCUT2D eigenvalue weighted by atomic mass is 9.93. The number of carbonyl (C=O) groups is 2. The van der Waals surface area contributed by atoms with Crippen LogP contribution in [0.5, 0.6) is 5.75 Å². The number of hydrogen-bond acceptors (Lipinski definition) is 6. The van der Waals surface area contributed by atoms with E-state index in [2.05, 4.69) is 10.4 Å². The maximum absolute atomic E-state index is 12.7. The summed E-state index contributed by atoms with van der Waals surface area (Å²) in [6.45, 7) is 1.64. The molecule has 1 atom stereocenters. The number of nitro groups is 1. The van der Waals surface area contributed by atoms with E-state index in [4.69, 9.17) is 0 Å². The average molecular weight is 382 g/mol. The van der Waals surface area contributed by atoms with Crippen LogP contribution in [0.3, 0.4) is 0 Å². The second kappa shape index (κ2) is 7.47. The van der Waals surface area contributed by atoms with Crippen molar-refractivity contribution in [2.24, 2.45) is 5.10 Å². The highest BCUT2D eigenvalue weighted by atomic mass is 16.6. The maximum Gasteiger partial charge on any atom is 0.346 e. The number of rotatable bonds is 6. The molecule has 1 aliphatic rings. The molecule has 144 valence electrons. The molecule has 9 nitrogen and oxygen atoms in total. The Labute approximate surface area is 160 Å². The Morgan fingerprint density at radius 2 is 1.96 bits per heavy atom. The molecule has 9 heteroatoms. The van der Waals surface area contributed by atoms with Crippen molar-refractivity contribution in [1.29, 1.82) is 0 Å². The van der Waals surface area contributed by atoms with Gasteiger partial charge in [-0.05, 0) is 37.5 Å². The number of carbonyl (C=O) groups excluding carboxylic acids is 2. The Hall–Kier alpha value is -3.75. The molecule has 0 radical (unpaired) electrons. The number of phenols is 1. The topological polar surface area (TPSA) is 125 Å². The van der Waals surface area contributed by atoms with Gasteiger partial charge in [0, 0.05) is 11.6 Å². The van der Waals surface area contributed by atoms with Gasteiger partial charge in [-0.2, -0.15) is 5.10 Å². The first-order valence-electron chi connectivity index (χ1n) is 8.52. The van der Waals surface area contributed by atoms with E-state index in [1.807, 2.05) is 30.3 Å². The summed E-state index contributed by atoms with van der Waals surface area (Å²) in [6.07, 6.45) is 2.16. The monoisotopic (exact) mass is 382 g/mol. The zero-order valence-electron chi connectivity index (χ0n) is 15.0. The Bertz CT molecular complexity index is 960. The molecule has 2 aromatic rings. The third-order valence-electron chi connectivity index (χ3n) is 4.51. The Morgan fingerprint density at radius 1 is 1.25 bits per heavy atom. The van der Waals surface area contributed by atoms with Gasteiger partial charge in [0.15, 0.2) is 5.75 Å². The van der Waals surface area contributed by atoms with Crippen molar-refractivity contribution in [2.45, 2.75) is 25.3 Å². The molecule has 1 aliphatic heterocycles. The van der Waals surface area contributed by atoms with Crippen LogP contribution in [0, 0.1) is 10.1 Å². The SMILES string of the molecule is C[C@@]1(CCc2ccccc2)NC(=O)N(/N=C\c2ccc(O)c([N+](=O)[O-])c2)C1=O. The molecule has 0 aromatic heterocycles. The molecule has 0 bridgehead atoms. The number of nitrogens with zero attached hydrogens (tertiary/aromatic N) is 3. The van der Waals surface area contributed by atoms with Gasteiger partial charge in [0.25, 0.3) is 5.91 Å². The fourth-order valence-electron chi connectivity index (χ4n) is 2.87. The Kier molecular flexibility index (Phi) is 5.08. The lowest BCUT2D eigenvalue weighted by Gasteiger charge is -2.20. The van der Waals surface area contributed by atoms with Crippen LogP contribution in [0.15, 0.2) is 53.6 Å². The highest BCUT2D eigenvalue weighted by Crippen LogP contribution is 2.26. The number of imide groups is 1. The summed E-state index contributed by atoms with van der Waals surface area (Å²) >= 11 is 0. The van der Waals surface area contributed by atoms with E-state index < -0.39 is 33.8 Å². The molecule has 0 saturated carbocycles. The van der Waals surface area contributed by atoms with Crippen molar-refractivity contribution in [3.63, 3.8) is 0 Å². The van der Waals surface area contributed by atoms with E-state index in [9.17, 15) is 24.8 Å². The molecule has 2 aromatic carbocycles. The van der Waals surface area contributed by atoms with E-state index in [1.165, 1.54) is 6.07 Å². The summed E-state index contributed by atoms with van der Waals surface area (Å²) < 4.78 is 0. The zero-order chi connectivity index (χ0) is 20.3. The van der Waals surface area contributed by atoms with Crippen LogP contribution in [0.4, 0.5) is 10.5 Å². The van der Waals surface area contributed by atoms with Crippen molar-refractivity contribution < 1.29 is 19.6 Å². The number of amides is 3. The van der Waals surface area contributed by atoms with Crippen molar-refractivity contribution in [2.75, 3.05) is 0 Å². The number of aryl methyl sites for hydroxylation is 1. The first-order chi connectivity index (χ1) is 13.3. The van der Waals surface area contributed by atoms with Gasteiger partial charge in [0.05, 0.1) is 11.1 Å². The third kappa shape index (κ3) is 3.83. The number of phenolic OH excluding ortho intramolecular Hbond substituents is 1. The van der Waals surface area contributed by atoms with Crippen molar-refractivity contribution in [1.82, 2.24) is 10.3 Å². The molecule has 1 saturated heterocycles. The van der Waals surface area contributed by atoms with Gasteiger partial charge in [0.1, 0.15) is 5.54 Å². The number of urea groups is 1. The van der Waals surface area contributed by atoms with Crippen molar-refractivity contribution in [3.05, 3.63) is 69.8 Å². The zero-order valence-corrected chi connectivity index (χ0v) is 15.0. The van der Waals surface area contributed by atoms with E-state index >= 15 is 0 Å². The summed E-state index contributed by atoms with van der Waals surface area (Å²) in [4.78, 5) is 35.0. The molecule has 28 heavy (non-hydrogen) atoms. The molecule has 0 unspecified atom stereocenters. The standard InChI is InChI=1S/C19H18N4O5/c1-19(10-9-13-5-3-2-4-6-13)17(25)22(18(26)21-19)20-12-14-7-8-16(24)15(11-14)23(27)28/h2-8,11-12,24H,9-10H2,1H3,(H,21,26)/b20-12-/t19-/m0/s1. The highest BCUT2D eigenvalue weighted by molar-refractivity contribution is 6.07. The third-order valence-corrected chi connectivity index (χ3v) is 4.51. The van der Waals surface area contributed by atoms with Crippen LogP contribution in [-0.4, -0.2) is 38.7 Å². The van der Waals surface area contributed by atoms with Crippen molar-refractivity contribution in [3.8, 4) is 5.75 Å². The molecule has 1 fully saturated rings. The number of hydrazone groups is 1. The first kappa shape index (κ1) is 19.0. The molecule has 0 spiro atoms. The summed E-state index contributed by atoms with van der Waals surface area (Å²) in [6, 6.07) is 12.6. The quantitative estimate of drug-likeness (QED) is 0.344. The van der Waals surface area contributed by atoms with Gasteiger partial charge in [-0.25, -0.2) is 4.79 Å². The number of hydrogen-bond donors (Lipinski definition) is 2. The second-order valence-electron chi connectivity index (χ2n) is 6.61. The van der Waals surface area contributed by atoms with Gasteiger partial charge >= 0.3 is 11.7 Å². The predicted octanol–water partition coefficient (Wildman–Crippen LogP) is 2.58. The predicted molar refractivity (Wildman–Crippen MR) is 101 cm³/mol. The number of aromatic hydroxyl groups is 1. The highest BCUT2D eigenvalue weighted by Gasteiger charge is 2.47. The molecule has 3 amide bonds. The van der Waals surface area contributed by atoms with Crippen LogP contribution in [-0.2, 0) is 11.2 Å². The molecule has 3 rings (SSSR count). The summed E-state index contributed by atoms with van der Waals surface area (Å²) in [5, 5.41) is 27.6. The fourth-order valence-corrected chi connectivity index (χ4v) is 2.87. The average Bonchev–Trinajstić information content (AvgIpc) is 2.89. The summed E-state index contributed by atoms with van der Waals surface area (Å²) in [5.74, 6) is -0.983. The smallest absolute Gasteiger partial charge is 0.346 e. The molecule has 0 aliphatic carbocycles. The van der Waals surface area contributed by atoms with Crippen LogP contribution in [0.25, 0.3) is 0 Å². The minimum absolute atomic E-state index is 0.267. The normalized spacial score (nSPS) is 19.2. The van der Waals surface area contributed by atoms with Gasteiger partial charge < -0.3 is 10.4 Å². The summed E-state index contributed by atoms with van der Waals surface area (Å²) in [5.41, 5.74) is -0.272. The molecule has 1 heterocycles. The Balaban J connectivity index is 1.74. The van der Waals surface area contributed by atoms with E-state index in [0.29, 0.717) is 17.9 Å². The van der Waals surface area contributed by atoms with Gasteiger partial charge in [-0.1, -0.05) is 30.3 Å². The van der Waals surface area contributed by atoms with Gasteiger partial charge in [-0.15, -0.1) is 5.01 Å².